The molecular weight excluding hydrogens is 388 g/mol. The zero-order chi connectivity index (χ0) is 21.6. The predicted molar refractivity (Wildman–Crippen MR) is 113 cm³/mol. The quantitative estimate of drug-likeness (QED) is 0.679. The van der Waals surface area contributed by atoms with Crippen LogP contribution in [0.3, 0.4) is 0 Å². The van der Waals surface area contributed by atoms with E-state index in [2.05, 4.69) is 19.9 Å². The van der Waals surface area contributed by atoms with Crippen molar-refractivity contribution in [3.8, 4) is 12.1 Å². The molecule has 0 aliphatic carbocycles. The lowest BCUT2D eigenvalue weighted by atomic mass is 10.1. The van der Waals surface area contributed by atoms with E-state index in [4.69, 9.17) is 0 Å². The first-order valence-corrected chi connectivity index (χ1v) is 10.8. The van der Waals surface area contributed by atoms with Gasteiger partial charge in [0.25, 0.3) is 0 Å². The van der Waals surface area contributed by atoms with Crippen LogP contribution in [0.25, 0.3) is 0 Å². The Kier molecular flexibility index (Phi) is 6.92. The van der Waals surface area contributed by atoms with Crippen molar-refractivity contribution in [1.82, 2.24) is 0 Å². The van der Waals surface area contributed by atoms with Crippen LogP contribution >= 0.6 is 0 Å². The highest BCUT2D eigenvalue weighted by Gasteiger charge is 2.13. The average molecular weight is 411 g/mol. The minimum atomic E-state index is -3.54. The summed E-state index contributed by atoms with van der Waals surface area (Å²) < 4.78 is 26.1. The van der Waals surface area contributed by atoms with E-state index in [0.717, 1.165) is 30.6 Å². The van der Waals surface area contributed by atoms with E-state index in [1.165, 1.54) is 0 Å². The number of hydrogen-bond acceptors (Lipinski definition) is 7. The molecule has 0 unspecified atom stereocenters. The lowest BCUT2D eigenvalue weighted by Crippen LogP contribution is -2.22. The molecule has 0 aliphatic heterocycles. The highest BCUT2D eigenvalue weighted by atomic mass is 32.2. The normalized spacial score (nSPS) is 11.1. The molecule has 0 aliphatic rings. The van der Waals surface area contributed by atoms with Gasteiger partial charge in [-0.1, -0.05) is 0 Å². The lowest BCUT2D eigenvalue weighted by molar-refractivity contribution is 0.607. The number of anilines is 2. The van der Waals surface area contributed by atoms with Crippen molar-refractivity contribution in [3.05, 3.63) is 47.0 Å². The number of azo groups is 1. The summed E-state index contributed by atoms with van der Waals surface area (Å²) in [5, 5.41) is 27.0. The zero-order valence-electron chi connectivity index (χ0n) is 16.8. The van der Waals surface area contributed by atoms with Gasteiger partial charge in [-0.25, -0.2) is 8.42 Å². The number of nitriles is 2. The van der Waals surface area contributed by atoms with Crippen molar-refractivity contribution < 1.29 is 8.42 Å². The summed E-state index contributed by atoms with van der Waals surface area (Å²) in [6.45, 7) is 7.31. The van der Waals surface area contributed by atoms with E-state index in [-0.39, 0.29) is 28.2 Å². The van der Waals surface area contributed by atoms with Gasteiger partial charge in [-0.15, -0.1) is 10.2 Å². The summed E-state index contributed by atoms with van der Waals surface area (Å²) in [6.07, 6.45) is 1.06. The first-order valence-electron chi connectivity index (χ1n) is 8.95. The predicted octanol–water partition coefficient (Wildman–Crippen LogP) is 4.37. The smallest absolute Gasteiger partial charge is 0.229 e. The molecule has 0 radical (unpaired) electrons. The van der Waals surface area contributed by atoms with Gasteiger partial charge in [0.05, 0.1) is 23.1 Å². The van der Waals surface area contributed by atoms with Gasteiger partial charge in [0.1, 0.15) is 23.5 Å². The van der Waals surface area contributed by atoms with E-state index < -0.39 is 10.0 Å². The fourth-order valence-electron chi connectivity index (χ4n) is 2.84. The number of benzene rings is 2. The Balaban J connectivity index is 2.58. The minimum Gasteiger partial charge on any atom is -0.372 e. The zero-order valence-corrected chi connectivity index (χ0v) is 17.6. The summed E-state index contributed by atoms with van der Waals surface area (Å²) in [6, 6.07) is 12.4. The van der Waals surface area contributed by atoms with Crippen molar-refractivity contribution >= 4 is 32.8 Å². The highest BCUT2D eigenvalue weighted by molar-refractivity contribution is 7.92. The molecular formula is C20H22N6O2S. The van der Waals surface area contributed by atoms with Crippen LogP contribution in [0.2, 0.25) is 0 Å². The molecule has 0 fully saturated rings. The Morgan fingerprint density at radius 2 is 1.62 bits per heavy atom. The van der Waals surface area contributed by atoms with Gasteiger partial charge < -0.3 is 4.90 Å². The SMILES string of the molecule is CCN(CC)c1ccc(/N=N/c2c(C#N)cc(C)cc2C#N)c(NS(C)(=O)=O)c1. The fraction of sp³-hybridized carbons (Fsp3) is 0.300. The van der Waals surface area contributed by atoms with Crippen LogP contribution in [0.5, 0.6) is 0 Å². The summed E-state index contributed by atoms with van der Waals surface area (Å²) in [4.78, 5) is 2.07. The Morgan fingerprint density at radius 3 is 2.10 bits per heavy atom. The molecule has 0 aromatic heterocycles. The van der Waals surface area contributed by atoms with E-state index >= 15 is 0 Å². The van der Waals surface area contributed by atoms with Crippen LogP contribution in [0.4, 0.5) is 22.7 Å². The number of hydrogen-bond donors (Lipinski definition) is 1. The maximum atomic E-state index is 11.8. The Morgan fingerprint density at radius 1 is 1.03 bits per heavy atom. The van der Waals surface area contributed by atoms with Crippen LogP contribution < -0.4 is 9.62 Å². The third-order valence-electron chi connectivity index (χ3n) is 4.16. The van der Waals surface area contributed by atoms with Gasteiger partial charge >= 0.3 is 0 Å². The maximum Gasteiger partial charge on any atom is 0.229 e. The average Bonchev–Trinajstić information content (AvgIpc) is 2.67. The lowest BCUT2D eigenvalue weighted by Gasteiger charge is -2.22. The van der Waals surface area contributed by atoms with Gasteiger partial charge in [0.2, 0.25) is 10.0 Å². The maximum absolute atomic E-state index is 11.8. The molecule has 0 saturated carbocycles. The molecule has 8 nitrogen and oxygen atoms in total. The molecule has 0 spiro atoms. The van der Waals surface area contributed by atoms with Gasteiger partial charge in [-0.05, 0) is 56.7 Å². The molecule has 0 amide bonds. The molecule has 1 N–H and O–H groups in total. The Bertz CT molecular complexity index is 1090. The van der Waals surface area contributed by atoms with Crippen molar-refractivity contribution in [2.75, 3.05) is 29.0 Å². The molecule has 0 saturated heterocycles. The third kappa shape index (κ3) is 5.53. The first kappa shape index (κ1) is 21.9. The van der Waals surface area contributed by atoms with Crippen molar-refractivity contribution in [2.45, 2.75) is 20.8 Å². The van der Waals surface area contributed by atoms with Crippen molar-refractivity contribution in [2.24, 2.45) is 10.2 Å². The molecule has 9 heteroatoms. The van der Waals surface area contributed by atoms with Gasteiger partial charge in [0.15, 0.2) is 0 Å². The second-order valence-corrected chi connectivity index (χ2v) is 8.13. The fourth-order valence-corrected chi connectivity index (χ4v) is 3.40. The van der Waals surface area contributed by atoms with Gasteiger partial charge in [0, 0.05) is 18.8 Å². The highest BCUT2D eigenvalue weighted by Crippen LogP contribution is 2.34. The molecule has 0 heterocycles. The Hall–Kier alpha value is -3.43. The summed E-state index contributed by atoms with van der Waals surface area (Å²) in [5.74, 6) is 0. The molecule has 29 heavy (non-hydrogen) atoms. The number of aryl methyl sites for hydroxylation is 1. The number of nitrogens with one attached hydrogen (secondary N) is 1. The Labute approximate surface area is 171 Å². The van der Waals surface area contributed by atoms with Gasteiger partial charge in [-0.3, -0.25) is 4.72 Å². The van der Waals surface area contributed by atoms with E-state index in [1.807, 2.05) is 32.1 Å². The van der Waals surface area contributed by atoms with Crippen LogP contribution in [0.1, 0.15) is 30.5 Å². The van der Waals surface area contributed by atoms with E-state index in [9.17, 15) is 18.9 Å². The molecule has 0 bridgehead atoms. The summed E-state index contributed by atoms with van der Waals surface area (Å²) >= 11 is 0. The molecule has 0 atom stereocenters. The monoisotopic (exact) mass is 410 g/mol. The second-order valence-electron chi connectivity index (χ2n) is 6.38. The van der Waals surface area contributed by atoms with Crippen LogP contribution in [0, 0.1) is 29.6 Å². The van der Waals surface area contributed by atoms with Crippen molar-refractivity contribution in [1.29, 1.82) is 10.5 Å². The number of nitrogens with zero attached hydrogens (tertiary/aromatic N) is 5. The van der Waals surface area contributed by atoms with Crippen molar-refractivity contribution in [3.63, 3.8) is 0 Å². The first-order chi connectivity index (χ1) is 13.7. The number of sulfonamides is 1. The molecule has 2 aromatic carbocycles. The van der Waals surface area contributed by atoms with Crippen LogP contribution in [-0.2, 0) is 10.0 Å². The minimum absolute atomic E-state index is 0.152. The molecule has 150 valence electrons. The summed E-state index contributed by atoms with van der Waals surface area (Å²) in [5.41, 5.74) is 2.75. The van der Waals surface area contributed by atoms with Crippen LogP contribution in [0.15, 0.2) is 40.6 Å². The van der Waals surface area contributed by atoms with E-state index in [0.29, 0.717) is 0 Å². The second kappa shape index (κ2) is 9.18. The number of rotatable bonds is 7. The third-order valence-corrected chi connectivity index (χ3v) is 4.75. The topological polar surface area (TPSA) is 122 Å². The van der Waals surface area contributed by atoms with Crippen LogP contribution in [-0.4, -0.2) is 27.8 Å². The standard InChI is InChI=1S/C20H22N6O2S/c1-5-26(6-2)17-7-8-18(19(11-17)25-29(4,27)28)23-24-20-15(12-21)9-14(3)10-16(20)13-22/h7-11,25H,5-6H2,1-4H3/b24-23+. The summed E-state index contributed by atoms with van der Waals surface area (Å²) in [7, 11) is -3.54. The van der Waals surface area contributed by atoms with E-state index in [1.54, 1.807) is 31.2 Å². The van der Waals surface area contributed by atoms with Gasteiger partial charge in [-0.2, -0.15) is 10.5 Å². The largest absolute Gasteiger partial charge is 0.372 e. The molecule has 2 aromatic rings. The molecule has 2 rings (SSSR count).